The molecule has 1 heterocycles. The number of ether oxygens (including phenoxy) is 1. The molecule has 1 atom stereocenters. The summed E-state index contributed by atoms with van der Waals surface area (Å²) in [5.41, 5.74) is 1.90. The summed E-state index contributed by atoms with van der Waals surface area (Å²) in [5.74, 6) is 0.729. The lowest BCUT2D eigenvalue weighted by atomic mass is 10.2. The third kappa shape index (κ3) is 5.29. The van der Waals surface area contributed by atoms with Gasteiger partial charge in [0.05, 0.1) is 17.3 Å². The molecule has 0 saturated carbocycles. The monoisotopic (exact) mass is 476 g/mol. The SMILES string of the molecule is COc1ccc(-c2nnc(SC(C)C(=O)Nc3cc(S(=O)(=O)N(C)C)ccc3C)o2)cc1. The fourth-order valence-corrected chi connectivity index (χ4v) is 4.27. The fraction of sp³-hybridized carbons (Fsp3) is 0.286. The number of nitrogens with one attached hydrogen (secondary N) is 1. The summed E-state index contributed by atoms with van der Waals surface area (Å²) >= 11 is 1.11. The van der Waals surface area contributed by atoms with Gasteiger partial charge in [0.2, 0.25) is 21.8 Å². The van der Waals surface area contributed by atoms with Crippen molar-refractivity contribution in [2.75, 3.05) is 26.5 Å². The van der Waals surface area contributed by atoms with Crippen LogP contribution in [0.2, 0.25) is 0 Å². The van der Waals surface area contributed by atoms with Crippen LogP contribution < -0.4 is 10.1 Å². The van der Waals surface area contributed by atoms with Gasteiger partial charge < -0.3 is 14.5 Å². The van der Waals surface area contributed by atoms with E-state index in [2.05, 4.69) is 15.5 Å². The molecule has 3 aromatic rings. The first-order chi connectivity index (χ1) is 15.1. The number of rotatable bonds is 8. The highest BCUT2D eigenvalue weighted by molar-refractivity contribution is 8.00. The Labute approximate surface area is 191 Å². The molecule has 0 bridgehead atoms. The zero-order valence-electron chi connectivity index (χ0n) is 18.3. The number of hydrogen-bond acceptors (Lipinski definition) is 8. The highest BCUT2D eigenvalue weighted by Crippen LogP contribution is 2.28. The highest BCUT2D eigenvalue weighted by atomic mass is 32.2. The van der Waals surface area contributed by atoms with Crippen molar-refractivity contribution in [2.24, 2.45) is 0 Å². The van der Waals surface area contributed by atoms with E-state index in [1.807, 2.05) is 0 Å². The molecule has 0 fully saturated rings. The van der Waals surface area contributed by atoms with Crippen molar-refractivity contribution in [3.63, 3.8) is 0 Å². The van der Waals surface area contributed by atoms with E-state index in [-0.39, 0.29) is 16.0 Å². The summed E-state index contributed by atoms with van der Waals surface area (Å²) in [5, 5.41) is 10.5. The number of hydrogen-bond donors (Lipinski definition) is 1. The van der Waals surface area contributed by atoms with E-state index in [0.29, 0.717) is 17.3 Å². The molecule has 0 spiro atoms. The lowest BCUT2D eigenvalue weighted by Crippen LogP contribution is -2.24. The molecule has 9 nitrogen and oxygen atoms in total. The molecule has 2 aromatic carbocycles. The lowest BCUT2D eigenvalue weighted by molar-refractivity contribution is -0.115. The van der Waals surface area contributed by atoms with E-state index in [1.54, 1.807) is 51.3 Å². The van der Waals surface area contributed by atoms with Gasteiger partial charge in [0, 0.05) is 25.3 Å². The normalized spacial score (nSPS) is 12.6. The maximum absolute atomic E-state index is 12.7. The van der Waals surface area contributed by atoms with Gasteiger partial charge in [-0.2, -0.15) is 0 Å². The van der Waals surface area contributed by atoms with Crippen LogP contribution in [0.3, 0.4) is 0 Å². The smallest absolute Gasteiger partial charge is 0.277 e. The maximum atomic E-state index is 12.7. The molecule has 1 aromatic heterocycles. The van der Waals surface area contributed by atoms with Gasteiger partial charge in [-0.3, -0.25) is 4.79 Å². The summed E-state index contributed by atoms with van der Waals surface area (Å²) in [6.07, 6.45) is 0. The van der Waals surface area contributed by atoms with E-state index in [1.165, 1.54) is 26.2 Å². The number of methoxy groups -OCH3 is 1. The quantitative estimate of drug-likeness (QED) is 0.492. The molecule has 0 aliphatic heterocycles. The van der Waals surface area contributed by atoms with Crippen LogP contribution >= 0.6 is 11.8 Å². The van der Waals surface area contributed by atoms with Crippen molar-refractivity contribution in [3.05, 3.63) is 48.0 Å². The lowest BCUT2D eigenvalue weighted by Gasteiger charge is -2.15. The van der Waals surface area contributed by atoms with E-state index in [9.17, 15) is 13.2 Å². The number of carbonyl (C=O) groups excluding carboxylic acids is 1. The van der Waals surface area contributed by atoms with Crippen molar-refractivity contribution in [1.82, 2.24) is 14.5 Å². The molecule has 0 aliphatic rings. The van der Waals surface area contributed by atoms with Crippen LogP contribution in [0, 0.1) is 6.92 Å². The van der Waals surface area contributed by atoms with E-state index < -0.39 is 15.3 Å². The Bertz CT molecular complexity index is 1210. The standard InChI is InChI=1S/C21H24N4O5S2/c1-13-6-11-17(32(27,28)25(3)4)12-18(13)22-19(26)14(2)31-21-24-23-20(30-21)15-7-9-16(29-5)10-8-15/h6-12,14H,1-5H3,(H,22,26). The van der Waals surface area contributed by atoms with Crippen LogP contribution in [-0.4, -0.2) is 55.3 Å². The molecule has 32 heavy (non-hydrogen) atoms. The number of thioether (sulfide) groups is 1. The zero-order valence-corrected chi connectivity index (χ0v) is 20.0. The first-order valence-electron chi connectivity index (χ1n) is 9.60. The topological polar surface area (TPSA) is 115 Å². The Morgan fingerprint density at radius 1 is 1.16 bits per heavy atom. The molecule has 1 unspecified atom stereocenters. The maximum Gasteiger partial charge on any atom is 0.277 e. The summed E-state index contributed by atoms with van der Waals surface area (Å²) in [4.78, 5) is 12.8. The van der Waals surface area contributed by atoms with Crippen molar-refractivity contribution in [3.8, 4) is 17.2 Å². The van der Waals surface area contributed by atoms with Gasteiger partial charge >= 0.3 is 0 Å². The van der Waals surface area contributed by atoms with Gasteiger partial charge in [-0.25, -0.2) is 12.7 Å². The molecule has 0 radical (unpaired) electrons. The summed E-state index contributed by atoms with van der Waals surface area (Å²) < 4.78 is 36.7. The van der Waals surface area contributed by atoms with Gasteiger partial charge in [0.1, 0.15) is 5.75 Å². The molecular formula is C21H24N4O5S2. The minimum atomic E-state index is -3.61. The Kier molecular flexibility index (Phi) is 7.22. The Balaban J connectivity index is 1.70. The van der Waals surface area contributed by atoms with Crippen molar-refractivity contribution in [1.29, 1.82) is 0 Å². The molecule has 1 N–H and O–H groups in total. The first kappa shape index (κ1) is 23.8. The third-order valence-electron chi connectivity index (χ3n) is 4.64. The Morgan fingerprint density at radius 2 is 1.84 bits per heavy atom. The van der Waals surface area contributed by atoms with Gasteiger partial charge in [-0.1, -0.05) is 17.8 Å². The number of aromatic nitrogens is 2. The highest BCUT2D eigenvalue weighted by Gasteiger charge is 2.22. The molecule has 0 saturated heterocycles. The Hall–Kier alpha value is -2.89. The average Bonchev–Trinajstić information content (AvgIpc) is 3.23. The number of benzene rings is 2. The van der Waals surface area contributed by atoms with Crippen LogP contribution in [0.5, 0.6) is 5.75 Å². The van der Waals surface area contributed by atoms with Gasteiger partial charge in [-0.15, -0.1) is 10.2 Å². The molecule has 11 heteroatoms. The number of carbonyl (C=O) groups is 1. The summed E-state index contributed by atoms with van der Waals surface area (Å²) in [7, 11) is 0.882. The number of sulfonamides is 1. The van der Waals surface area contributed by atoms with Crippen LogP contribution in [0.1, 0.15) is 12.5 Å². The van der Waals surface area contributed by atoms with E-state index >= 15 is 0 Å². The molecule has 0 aliphatic carbocycles. The summed E-state index contributed by atoms with van der Waals surface area (Å²) in [6, 6.07) is 11.8. The first-order valence-corrected chi connectivity index (χ1v) is 11.9. The predicted molar refractivity (Wildman–Crippen MR) is 122 cm³/mol. The van der Waals surface area contributed by atoms with Crippen LogP contribution in [0.25, 0.3) is 11.5 Å². The van der Waals surface area contributed by atoms with Crippen LogP contribution in [-0.2, 0) is 14.8 Å². The minimum absolute atomic E-state index is 0.102. The third-order valence-corrected chi connectivity index (χ3v) is 7.38. The van der Waals surface area contributed by atoms with Crippen LogP contribution in [0.4, 0.5) is 5.69 Å². The summed E-state index contributed by atoms with van der Waals surface area (Å²) in [6.45, 7) is 3.49. The number of amides is 1. The second-order valence-electron chi connectivity index (χ2n) is 7.12. The van der Waals surface area contributed by atoms with Gasteiger partial charge in [0.15, 0.2) is 0 Å². The van der Waals surface area contributed by atoms with Crippen LogP contribution in [0.15, 0.2) is 57.0 Å². The van der Waals surface area contributed by atoms with Gasteiger partial charge in [0.25, 0.3) is 5.22 Å². The molecule has 170 valence electrons. The van der Waals surface area contributed by atoms with Crippen molar-refractivity contribution in [2.45, 2.75) is 29.2 Å². The second kappa shape index (κ2) is 9.72. The van der Waals surface area contributed by atoms with E-state index in [0.717, 1.165) is 27.2 Å². The predicted octanol–water partition coefficient (Wildman–Crippen LogP) is 3.42. The van der Waals surface area contributed by atoms with Crippen molar-refractivity contribution < 1.29 is 22.4 Å². The largest absolute Gasteiger partial charge is 0.497 e. The number of aryl methyl sites for hydroxylation is 1. The molecule has 1 amide bonds. The fourth-order valence-electron chi connectivity index (χ4n) is 2.65. The Morgan fingerprint density at radius 3 is 2.47 bits per heavy atom. The second-order valence-corrected chi connectivity index (χ2v) is 10.6. The molecular weight excluding hydrogens is 452 g/mol. The van der Waals surface area contributed by atoms with Gasteiger partial charge in [-0.05, 0) is 55.8 Å². The number of anilines is 1. The average molecular weight is 477 g/mol. The zero-order chi connectivity index (χ0) is 23.5. The molecule has 3 rings (SSSR count). The number of nitrogens with zero attached hydrogens (tertiary/aromatic N) is 3. The van der Waals surface area contributed by atoms with E-state index in [4.69, 9.17) is 9.15 Å². The van der Waals surface area contributed by atoms with Crippen molar-refractivity contribution >= 4 is 33.4 Å². The minimum Gasteiger partial charge on any atom is -0.497 e.